The zero-order valence-electron chi connectivity index (χ0n) is 28.6. The first-order valence-electron chi connectivity index (χ1n) is 16.5. The normalized spacial score (nSPS) is 19.8. The number of carboxylic acids is 1. The molecule has 2 rings (SSSR count). The van der Waals surface area contributed by atoms with Gasteiger partial charge in [-0.1, -0.05) is 77.5 Å². The molecule has 8 heteroatoms. The Bertz CT molecular complexity index is 996. The molecule has 0 spiro atoms. The highest BCUT2D eigenvalue weighted by molar-refractivity contribution is 5.79. The van der Waals surface area contributed by atoms with Crippen LogP contribution in [0.5, 0.6) is 0 Å². The molecule has 4 unspecified atom stereocenters. The highest BCUT2D eigenvalue weighted by atomic mass is 16.7. The van der Waals surface area contributed by atoms with Crippen molar-refractivity contribution in [2.24, 2.45) is 11.8 Å². The number of unbranched alkanes of at least 4 members (excludes halogenated alkanes) is 1. The third-order valence-corrected chi connectivity index (χ3v) is 7.26. The van der Waals surface area contributed by atoms with E-state index in [-0.39, 0.29) is 12.0 Å². The second kappa shape index (κ2) is 24.8. The summed E-state index contributed by atoms with van der Waals surface area (Å²) < 4.78 is 17.4. The number of aliphatic carboxylic acids is 1. The summed E-state index contributed by atoms with van der Waals surface area (Å²) in [5, 5.41) is 29.8. The van der Waals surface area contributed by atoms with Gasteiger partial charge in [-0.2, -0.15) is 0 Å². The van der Waals surface area contributed by atoms with Crippen molar-refractivity contribution < 1.29 is 34.0 Å². The van der Waals surface area contributed by atoms with Crippen LogP contribution in [0.1, 0.15) is 131 Å². The van der Waals surface area contributed by atoms with Gasteiger partial charge in [0.1, 0.15) is 12.0 Å². The maximum atomic E-state index is 10.6. The van der Waals surface area contributed by atoms with Crippen molar-refractivity contribution >= 4 is 12.0 Å². The molecule has 6 atom stereocenters. The van der Waals surface area contributed by atoms with E-state index in [2.05, 4.69) is 45.3 Å². The highest BCUT2D eigenvalue weighted by Crippen LogP contribution is 2.29. The number of hydrogen-bond acceptors (Lipinski definition) is 7. The first-order chi connectivity index (χ1) is 21.1. The summed E-state index contributed by atoms with van der Waals surface area (Å²) in [7, 11) is 0. The van der Waals surface area contributed by atoms with Crippen LogP contribution in [-0.2, 0) is 14.3 Å². The van der Waals surface area contributed by atoms with Gasteiger partial charge in [0.25, 0.3) is 0 Å². The van der Waals surface area contributed by atoms with E-state index in [1.54, 1.807) is 12.2 Å². The molecule has 252 valence electrons. The molecular formula is C36H61NO7. The SMILES string of the molecule is C=C(CCC/C=C/C(=O)O)CC(O)CC1CCOC(c2coc(/C=C/C[C@@H](O)[C@H](C)CC(C)C/C(C)=C/C)n2)O1.CC.CC. The highest BCUT2D eigenvalue weighted by Gasteiger charge is 2.28. The van der Waals surface area contributed by atoms with Gasteiger partial charge >= 0.3 is 5.97 Å². The molecule has 1 aromatic rings. The van der Waals surface area contributed by atoms with Crippen LogP contribution < -0.4 is 0 Å². The van der Waals surface area contributed by atoms with Crippen molar-refractivity contribution in [2.75, 3.05) is 6.61 Å². The van der Waals surface area contributed by atoms with Crippen LogP contribution in [0.3, 0.4) is 0 Å². The maximum absolute atomic E-state index is 10.6. The van der Waals surface area contributed by atoms with Crippen LogP contribution in [0.25, 0.3) is 6.08 Å². The second-order valence-electron chi connectivity index (χ2n) is 11.2. The van der Waals surface area contributed by atoms with Crippen molar-refractivity contribution in [1.82, 2.24) is 4.98 Å². The zero-order valence-corrected chi connectivity index (χ0v) is 28.6. The van der Waals surface area contributed by atoms with Crippen LogP contribution in [0, 0.1) is 11.8 Å². The van der Waals surface area contributed by atoms with Crippen molar-refractivity contribution in [3.8, 4) is 0 Å². The van der Waals surface area contributed by atoms with E-state index in [1.807, 2.05) is 33.8 Å². The number of rotatable bonds is 18. The predicted molar refractivity (Wildman–Crippen MR) is 179 cm³/mol. The molecule has 44 heavy (non-hydrogen) atoms. The molecule has 0 amide bonds. The van der Waals surface area contributed by atoms with Gasteiger partial charge in [-0.25, -0.2) is 9.78 Å². The number of aliphatic hydroxyl groups is 2. The fraction of sp³-hybridized carbons (Fsp3) is 0.667. The lowest BCUT2D eigenvalue weighted by Crippen LogP contribution is -2.30. The van der Waals surface area contributed by atoms with Crippen LogP contribution in [0.4, 0.5) is 0 Å². The third kappa shape index (κ3) is 18.3. The molecule has 8 nitrogen and oxygen atoms in total. The fourth-order valence-electron chi connectivity index (χ4n) is 4.96. The van der Waals surface area contributed by atoms with Crippen LogP contribution >= 0.6 is 0 Å². The Morgan fingerprint density at radius 1 is 1.16 bits per heavy atom. The second-order valence-corrected chi connectivity index (χ2v) is 11.2. The first-order valence-corrected chi connectivity index (χ1v) is 16.5. The summed E-state index contributed by atoms with van der Waals surface area (Å²) in [4.78, 5) is 15.0. The summed E-state index contributed by atoms with van der Waals surface area (Å²) in [6.07, 6.45) is 14.6. The molecule has 1 aromatic heterocycles. The largest absolute Gasteiger partial charge is 0.478 e. The van der Waals surface area contributed by atoms with Crippen LogP contribution in [0.15, 0.2) is 52.7 Å². The Morgan fingerprint density at radius 3 is 2.52 bits per heavy atom. The van der Waals surface area contributed by atoms with Gasteiger partial charge in [0, 0.05) is 12.5 Å². The van der Waals surface area contributed by atoms with Gasteiger partial charge in [-0.05, 0) is 83.1 Å². The van der Waals surface area contributed by atoms with Gasteiger partial charge in [-0.3, -0.25) is 0 Å². The van der Waals surface area contributed by atoms with E-state index < -0.39 is 24.5 Å². The topological polar surface area (TPSA) is 122 Å². The summed E-state index contributed by atoms with van der Waals surface area (Å²) in [5.41, 5.74) is 2.86. The number of hydrogen-bond donors (Lipinski definition) is 3. The van der Waals surface area contributed by atoms with Crippen LogP contribution in [0.2, 0.25) is 0 Å². The Balaban J connectivity index is 0.00000443. The molecule has 1 fully saturated rings. The van der Waals surface area contributed by atoms with E-state index >= 15 is 0 Å². The van der Waals surface area contributed by atoms with E-state index in [9.17, 15) is 15.0 Å². The molecule has 1 saturated heterocycles. The minimum Gasteiger partial charge on any atom is -0.478 e. The molecule has 2 heterocycles. The lowest BCUT2D eigenvalue weighted by molar-refractivity contribution is -0.224. The van der Waals surface area contributed by atoms with Crippen molar-refractivity contribution in [2.45, 2.75) is 138 Å². The number of nitrogens with zero attached hydrogens (tertiary/aromatic N) is 1. The van der Waals surface area contributed by atoms with E-state index in [0.29, 0.717) is 56.2 Å². The minimum absolute atomic E-state index is 0.175. The Hall–Kier alpha value is -2.52. The van der Waals surface area contributed by atoms with Gasteiger partial charge in [-0.15, -0.1) is 0 Å². The van der Waals surface area contributed by atoms with E-state index in [1.165, 1.54) is 11.8 Å². The molecule has 0 aliphatic carbocycles. The van der Waals surface area contributed by atoms with Crippen LogP contribution in [-0.4, -0.2) is 51.2 Å². The number of aliphatic hydroxyl groups excluding tert-OH is 2. The lowest BCUT2D eigenvalue weighted by Gasteiger charge is -2.30. The number of allylic oxidation sites excluding steroid dienone is 3. The molecule has 1 aliphatic rings. The van der Waals surface area contributed by atoms with E-state index in [0.717, 1.165) is 37.3 Å². The molecule has 1 aliphatic heterocycles. The Labute approximate surface area is 267 Å². The number of carbonyl (C=O) groups is 1. The summed E-state index contributed by atoms with van der Waals surface area (Å²) >= 11 is 0. The Morgan fingerprint density at radius 2 is 1.86 bits per heavy atom. The third-order valence-electron chi connectivity index (χ3n) is 7.26. The summed E-state index contributed by atoms with van der Waals surface area (Å²) in [5.74, 6) is 0.200. The molecule has 0 radical (unpaired) electrons. The number of aromatic nitrogens is 1. The molecule has 0 bridgehead atoms. The van der Waals surface area contributed by atoms with E-state index in [4.69, 9.17) is 19.0 Å². The standard InChI is InChI=1S/C32H49NO7.2C2H6/c1-6-22(2)17-24(4)18-25(5)29(35)12-10-13-30-33-28(21-39-30)32-38-16-15-27(40-32)20-26(34)19-23(3)11-8-7-9-14-31(36)37;2*1-2/h6,9-10,13-14,21,24-27,29,32,34-35H,3,7-8,11-12,15-20H2,1-2,4-5H3,(H,36,37);2*1-2H3/b13-10+,14-9+,22-6+;;/t24?,25-,26?,27?,29-,32?;;/m1../s1. The fourth-order valence-corrected chi connectivity index (χ4v) is 4.96. The quantitative estimate of drug-likeness (QED) is 0.0846. The first kappa shape index (κ1) is 41.5. The Kier molecular flexibility index (Phi) is 23.3. The van der Waals surface area contributed by atoms with Crippen molar-refractivity contribution in [3.63, 3.8) is 0 Å². The number of carboxylic acid groups (broad SMARTS) is 1. The molecule has 0 aromatic carbocycles. The maximum Gasteiger partial charge on any atom is 0.327 e. The molecular weight excluding hydrogens is 558 g/mol. The van der Waals surface area contributed by atoms with Gasteiger partial charge < -0.3 is 29.2 Å². The summed E-state index contributed by atoms with van der Waals surface area (Å²) in [6.45, 7) is 21.1. The van der Waals surface area contributed by atoms with Gasteiger partial charge in [0.15, 0.2) is 0 Å². The average Bonchev–Trinajstić information content (AvgIpc) is 3.47. The van der Waals surface area contributed by atoms with Gasteiger partial charge in [0.2, 0.25) is 12.2 Å². The van der Waals surface area contributed by atoms with Gasteiger partial charge in [0.05, 0.1) is 24.9 Å². The average molecular weight is 620 g/mol. The van der Waals surface area contributed by atoms with Crippen molar-refractivity contribution in [3.05, 3.63) is 59.9 Å². The summed E-state index contributed by atoms with van der Waals surface area (Å²) in [6, 6.07) is 0. The monoisotopic (exact) mass is 619 g/mol. The smallest absolute Gasteiger partial charge is 0.327 e. The van der Waals surface area contributed by atoms with Crippen molar-refractivity contribution in [1.29, 1.82) is 0 Å². The predicted octanol–water partition coefficient (Wildman–Crippen LogP) is 8.82. The minimum atomic E-state index is -0.946. The molecule has 3 N–H and O–H groups in total. The molecule has 0 saturated carbocycles. The number of oxazole rings is 1. The number of ether oxygens (including phenoxy) is 2. The zero-order chi connectivity index (χ0) is 33.5. The lowest BCUT2D eigenvalue weighted by atomic mass is 9.88.